The van der Waals surface area contributed by atoms with Crippen molar-refractivity contribution in [2.75, 3.05) is 0 Å². The molecule has 0 aromatic heterocycles. The number of fused-ring (bicyclic) bond motifs is 3. The van der Waals surface area contributed by atoms with Crippen LogP contribution in [0.5, 0.6) is 0 Å². The van der Waals surface area contributed by atoms with Crippen LogP contribution in [-0.4, -0.2) is 11.1 Å². The lowest BCUT2D eigenvalue weighted by Gasteiger charge is -2.45. The highest BCUT2D eigenvalue weighted by atomic mass is 15.1. The Morgan fingerprint density at radius 1 is 0.960 bits per heavy atom. The second-order valence-electron chi connectivity index (χ2n) is 9.95. The Balaban J connectivity index is 0.000000314. The van der Waals surface area contributed by atoms with Crippen LogP contribution in [0.25, 0.3) is 0 Å². The van der Waals surface area contributed by atoms with Crippen LogP contribution >= 0.6 is 0 Å². The number of nitrogens with one attached hydrogen (secondary N) is 1. The zero-order chi connectivity index (χ0) is 18.1. The van der Waals surface area contributed by atoms with Gasteiger partial charge < -0.3 is 5.32 Å². The SMILES string of the molecule is CC1CCC1.CCC1(NC(C)(C)C)[C@@H]2CC[C@H]1Cc1ccccc1C2. The van der Waals surface area contributed by atoms with Crippen molar-refractivity contribution in [1.29, 1.82) is 0 Å². The quantitative estimate of drug-likeness (QED) is 0.680. The summed E-state index contributed by atoms with van der Waals surface area (Å²) in [5.74, 6) is 2.68. The summed E-state index contributed by atoms with van der Waals surface area (Å²) < 4.78 is 0. The highest BCUT2D eigenvalue weighted by Crippen LogP contribution is 2.49. The molecule has 140 valence electrons. The van der Waals surface area contributed by atoms with Gasteiger partial charge in [-0.05, 0) is 81.8 Å². The van der Waals surface area contributed by atoms with Crippen molar-refractivity contribution in [3.05, 3.63) is 35.4 Å². The first kappa shape index (κ1) is 19.0. The minimum Gasteiger partial charge on any atom is -0.306 e. The molecule has 0 spiro atoms. The lowest BCUT2D eigenvalue weighted by atomic mass is 9.75. The molecule has 0 saturated heterocycles. The highest BCUT2D eigenvalue weighted by molar-refractivity contribution is 5.32. The summed E-state index contributed by atoms with van der Waals surface area (Å²) in [6.45, 7) is 11.7. The summed E-state index contributed by atoms with van der Waals surface area (Å²) in [7, 11) is 0. The van der Waals surface area contributed by atoms with Gasteiger partial charge >= 0.3 is 0 Å². The van der Waals surface area contributed by atoms with Crippen molar-refractivity contribution in [3.63, 3.8) is 0 Å². The van der Waals surface area contributed by atoms with Gasteiger partial charge in [0.05, 0.1) is 0 Å². The van der Waals surface area contributed by atoms with Crippen molar-refractivity contribution in [3.8, 4) is 0 Å². The maximum absolute atomic E-state index is 4.06. The third-order valence-corrected chi connectivity index (χ3v) is 6.96. The molecule has 25 heavy (non-hydrogen) atoms. The average molecular weight is 342 g/mol. The Morgan fingerprint density at radius 3 is 1.76 bits per heavy atom. The van der Waals surface area contributed by atoms with Crippen molar-refractivity contribution in [2.45, 2.75) is 97.1 Å². The van der Waals surface area contributed by atoms with Gasteiger partial charge in [0.2, 0.25) is 0 Å². The van der Waals surface area contributed by atoms with E-state index in [0.29, 0.717) is 5.54 Å². The predicted molar refractivity (Wildman–Crippen MR) is 109 cm³/mol. The van der Waals surface area contributed by atoms with Gasteiger partial charge in [-0.2, -0.15) is 0 Å². The van der Waals surface area contributed by atoms with Crippen LogP contribution in [0.2, 0.25) is 0 Å². The van der Waals surface area contributed by atoms with Crippen LogP contribution in [0.4, 0.5) is 0 Å². The molecule has 4 rings (SSSR count). The van der Waals surface area contributed by atoms with E-state index in [1.807, 2.05) is 0 Å². The topological polar surface area (TPSA) is 12.0 Å². The molecule has 1 unspecified atom stereocenters. The van der Waals surface area contributed by atoms with Crippen LogP contribution in [0.3, 0.4) is 0 Å². The summed E-state index contributed by atoms with van der Waals surface area (Å²) in [6, 6.07) is 9.13. The van der Waals surface area contributed by atoms with Crippen molar-refractivity contribution in [1.82, 2.24) is 5.32 Å². The third kappa shape index (κ3) is 4.13. The van der Waals surface area contributed by atoms with Crippen LogP contribution in [0, 0.1) is 17.8 Å². The van der Waals surface area contributed by atoms with Crippen molar-refractivity contribution in [2.24, 2.45) is 17.8 Å². The van der Waals surface area contributed by atoms with Crippen molar-refractivity contribution >= 4 is 0 Å². The molecular weight excluding hydrogens is 302 g/mol. The molecule has 0 heterocycles. The van der Waals surface area contributed by atoms with Crippen molar-refractivity contribution < 1.29 is 0 Å². The summed E-state index contributed by atoms with van der Waals surface area (Å²) in [5, 5.41) is 4.06. The second-order valence-corrected chi connectivity index (χ2v) is 9.95. The number of hydrogen-bond acceptors (Lipinski definition) is 1. The lowest BCUT2D eigenvalue weighted by molar-refractivity contribution is 0.135. The number of hydrogen-bond donors (Lipinski definition) is 1. The number of benzene rings is 1. The van der Waals surface area contributed by atoms with E-state index in [4.69, 9.17) is 0 Å². The van der Waals surface area contributed by atoms with Gasteiger partial charge in [-0.3, -0.25) is 0 Å². The Kier molecular flexibility index (Phi) is 5.63. The van der Waals surface area contributed by atoms with E-state index in [9.17, 15) is 0 Å². The summed E-state index contributed by atoms with van der Waals surface area (Å²) >= 11 is 0. The van der Waals surface area contributed by atoms with E-state index in [-0.39, 0.29) is 5.54 Å². The minimum absolute atomic E-state index is 0.202. The fourth-order valence-corrected chi connectivity index (χ4v) is 5.49. The molecular formula is C24H39N. The molecule has 1 nitrogen and oxygen atoms in total. The van der Waals surface area contributed by atoms with E-state index >= 15 is 0 Å². The fraction of sp³-hybridized carbons (Fsp3) is 0.750. The molecule has 3 atom stereocenters. The summed E-state index contributed by atoms with van der Waals surface area (Å²) in [4.78, 5) is 0. The molecule has 2 fully saturated rings. The Morgan fingerprint density at radius 2 is 1.44 bits per heavy atom. The zero-order valence-corrected chi connectivity index (χ0v) is 17.2. The minimum atomic E-state index is 0.202. The van der Waals surface area contributed by atoms with Crippen LogP contribution in [0.1, 0.15) is 84.3 Å². The maximum atomic E-state index is 4.06. The first-order valence-corrected chi connectivity index (χ1v) is 10.7. The van der Waals surface area contributed by atoms with Gasteiger partial charge in [0.1, 0.15) is 0 Å². The molecule has 3 aliphatic carbocycles. The Hall–Kier alpha value is -0.820. The fourth-order valence-electron chi connectivity index (χ4n) is 5.49. The molecule has 0 radical (unpaired) electrons. The van der Waals surface area contributed by atoms with E-state index in [2.05, 4.69) is 64.2 Å². The number of rotatable bonds is 2. The normalized spacial score (nSPS) is 31.4. The summed E-state index contributed by atoms with van der Waals surface area (Å²) in [6.07, 6.45) is 11.0. The second kappa shape index (κ2) is 7.43. The predicted octanol–water partition coefficient (Wildman–Crippen LogP) is 6.15. The monoisotopic (exact) mass is 341 g/mol. The van der Waals surface area contributed by atoms with Crippen LogP contribution < -0.4 is 5.32 Å². The van der Waals surface area contributed by atoms with Gasteiger partial charge in [0.25, 0.3) is 0 Å². The molecule has 0 aliphatic heterocycles. The lowest BCUT2D eigenvalue weighted by Crippen LogP contribution is -2.59. The third-order valence-electron chi connectivity index (χ3n) is 6.96. The van der Waals surface area contributed by atoms with Gasteiger partial charge in [-0.1, -0.05) is 57.4 Å². The van der Waals surface area contributed by atoms with Gasteiger partial charge in [-0.15, -0.1) is 0 Å². The molecule has 1 heteroatoms. The first-order valence-electron chi connectivity index (χ1n) is 10.7. The highest BCUT2D eigenvalue weighted by Gasteiger charge is 2.51. The van der Waals surface area contributed by atoms with Gasteiger partial charge in [0.15, 0.2) is 0 Å². The molecule has 2 bridgehead atoms. The van der Waals surface area contributed by atoms with E-state index < -0.39 is 0 Å². The zero-order valence-electron chi connectivity index (χ0n) is 17.2. The Bertz CT molecular complexity index is 531. The molecule has 1 aromatic rings. The molecule has 1 aromatic carbocycles. The largest absolute Gasteiger partial charge is 0.306 e. The van der Waals surface area contributed by atoms with E-state index in [1.165, 1.54) is 51.4 Å². The summed E-state index contributed by atoms with van der Waals surface area (Å²) in [5.41, 5.74) is 3.76. The molecule has 1 N–H and O–H groups in total. The smallest absolute Gasteiger partial charge is 0.0246 e. The molecule has 3 aliphatic rings. The van der Waals surface area contributed by atoms with E-state index in [0.717, 1.165) is 17.8 Å². The maximum Gasteiger partial charge on any atom is 0.0246 e. The average Bonchev–Trinajstić information content (AvgIpc) is 2.75. The van der Waals surface area contributed by atoms with Gasteiger partial charge in [-0.25, -0.2) is 0 Å². The van der Waals surface area contributed by atoms with Crippen LogP contribution in [-0.2, 0) is 12.8 Å². The Labute approximate surface area is 156 Å². The van der Waals surface area contributed by atoms with E-state index in [1.54, 1.807) is 11.1 Å². The molecule has 0 amide bonds. The van der Waals surface area contributed by atoms with Crippen LogP contribution in [0.15, 0.2) is 24.3 Å². The first-order chi connectivity index (χ1) is 11.8. The standard InChI is InChI=1S/C19H29N.C5H10/c1-5-19(20-18(2,3)4)16-10-11-17(19)13-15-9-7-6-8-14(15)12-16;1-5-3-2-4-5/h6-9,16-17,20H,5,10-13H2,1-4H3;5H,2-4H2,1H3/t16-,17+,19?;. The van der Waals surface area contributed by atoms with Gasteiger partial charge in [0, 0.05) is 11.1 Å². The molecule has 2 saturated carbocycles.